The first kappa shape index (κ1) is 25.1. The Morgan fingerprint density at radius 2 is 1.53 bits per heavy atom. The van der Waals surface area contributed by atoms with Gasteiger partial charge in [0, 0.05) is 15.6 Å². The summed E-state index contributed by atoms with van der Waals surface area (Å²) in [6, 6.07) is 18.8. The van der Waals surface area contributed by atoms with Crippen LogP contribution in [0.4, 0.5) is 0 Å². The Morgan fingerprint density at radius 3 is 2.19 bits per heavy atom. The van der Waals surface area contributed by atoms with Crippen LogP contribution in [0.2, 0.25) is 19.6 Å². The predicted octanol–water partition coefficient (Wildman–Crippen LogP) is 9.10. The lowest BCUT2D eigenvalue weighted by molar-refractivity contribution is 0.412. The molecule has 0 amide bonds. The van der Waals surface area contributed by atoms with E-state index in [1.54, 1.807) is 6.33 Å². The molecular formula is C32H38N2SSi. The predicted molar refractivity (Wildman–Crippen MR) is 163 cm³/mol. The smallest absolute Gasteiger partial charge is 0.116 e. The van der Waals surface area contributed by atoms with E-state index in [4.69, 9.17) is 9.97 Å². The van der Waals surface area contributed by atoms with Gasteiger partial charge in [0.05, 0.1) is 24.0 Å². The standard InChI is InChI=1S/C32H38N2SSi/c1-31(2,3)18-22-15-21(14-20-16-24(36(7,8)9)11-13-25(20)22)28-30-29(34-19-33-28)26-12-10-23(32(4,5)6)17-27(26)35-30/h10-17,19H,18H2,1-9H3. The molecule has 0 spiro atoms. The topological polar surface area (TPSA) is 25.8 Å². The maximum absolute atomic E-state index is 4.87. The molecule has 5 aromatic rings. The van der Waals surface area contributed by atoms with Crippen molar-refractivity contribution < 1.29 is 0 Å². The Balaban J connectivity index is 1.77. The van der Waals surface area contributed by atoms with E-state index in [-0.39, 0.29) is 10.8 Å². The number of thiophene rings is 1. The Morgan fingerprint density at radius 1 is 0.806 bits per heavy atom. The van der Waals surface area contributed by atoms with Crippen LogP contribution in [-0.4, -0.2) is 18.0 Å². The maximum Gasteiger partial charge on any atom is 0.116 e. The zero-order chi connectivity index (χ0) is 26.0. The molecule has 0 unspecified atom stereocenters. The fraction of sp³-hybridized carbons (Fsp3) is 0.375. The largest absolute Gasteiger partial charge is 0.235 e. The van der Waals surface area contributed by atoms with Gasteiger partial charge in [-0.1, -0.05) is 96.7 Å². The fourth-order valence-electron chi connectivity index (χ4n) is 5.02. The first-order valence-corrected chi connectivity index (χ1v) is 17.3. The number of aromatic nitrogens is 2. The minimum absolute atomic E-state index is 0.118. The number of hydrogen-bond donors (Lipinski definition) is 0. The molecule has 0 saturated carbocycles. The molecule has 4 heteroatoms. The highest BCUT2D eigenvalue weighted by Gasteiger charge is 2.21. The molecule has 0 bridgehead atoms. The van der Waals surface area contributed by atoms with Crippen LogP contribution in [0.5, 0.6) is 0 Å². The summed E-state index contributed by atoms with van der Waals surface area (Å²) in [6.45, 7) is 21.0. The zero-order valence-corrected chi connectivity index (χ0v) is 25.0. The summed E-state index contributed by atoms with van der Waals surface area (Å²) in [5.74, 6) is 0. The van der Waals surface area contributed by atoms with Crippen LogP contribution >= 0.6 is 11.3 Å². The Kier molecular flexibility index (Phi) is 5.92. The summed E-state index contributed by atoms with van der Waals surface area (Å²) < 4.78 is 2.47. The minimum Gasteiger partial charge on any atom is -0.235 e. The van der Waals surface area contributed by atoms with Crippen LogP contribution < -0.4 is 5.19 Å². The van der Waals surface area contributed by atoms with Gasteiger partial charge in [-0.3, -0.25) is 0 Å². The van der Waals surface area contributed by atoms with E-state index in [0.717, 1.165) is 17.6 Å². The van der Waals surface area contributed by atoms with Crippen LogP contribution in [0.25, 0.3) is 42.3 Å². The quantitative estimate of drug-likeness (QED) is 0.226. The molecule has 0 radical (unpaired) electrons. The van der Waals surface area contributed by atoms with E-state index in [1.165, 1.54) is 47.4 Å². The van der Waals surface area contributed by atoms with E-state index >= 15 is 0 Å². The van der Waals surface area contributed by atoms with Crippen molar-refractivity contribution in [2.24, 2.45) is 5.41 Å². The lowest BCUT2D eigenvalue weighted by Gasteiger charge is -2.22. The van der Waals surface area contributed by atoms with Crippen molar-refractivity contribution >= 4 is 55.7 Å². The molecule has 3 aromatic carbocycles. The monoisotopic (exact) mass is 510 g/mol. The number of rotatable bonds is 3. The normalized spacial score (nSPS) is 13.2. The third-order valence-corrected chi connectivity index (χ3v) is 10.2. The molecule has 36 heavy (non-hydrogen) atoms. The van der Waals surface area contributed by atoms with Crippen LogP contribution in [0, 0.1) is 5.41 Å². The lowest BCUT2D eigenvalue weighted by Crippen LogP contribution is -2.37. The van der Waals surface area contributed by atoms with Crippen LogP contribution in [0.3, 0.4) is 0 Å². The van der Waals surface area contributed by atoms with Crippen LogP contribution in [0.15, 0.2) is 54.9 Å². The first-order valence-electron chi connectivity index (χ1n) is 13.0. The number of nitrogens with zero attached hydrogens (tertiary/aromatic N) is 2. The van der Waals surface area contributed by atoms with E-state index in [2.05, 4.69) is 110 Å². The van der Waals surface area contributed by atoms with Gasteiger partial charge in [0.25, 0.3) is 0 Å². The molecule has 0 aliphatic carbocycles. The van der Waals surface area contributed by atoms with Gasteiger partial charge in [-0.05, 0) is 57.3 Å². The van der Waals surface area contributed by atoms with Crippen molar-refractivity contribution in [1.29, 1.82) is 0 Å². The molecule has 2 heterocycles. The maximum atomic E-state index is 4.87. The van der Waals surface area contributed by atoms with E-state index in [9.17, 15) is 0 Å². The van der Waals surface area contributed by atoms with Gasteiger partial charge in [0.1, 0.15) is 6.33 Å². The second-order valence-electron chi connectivity index (χ2n) is 13.5. The minimum atomic E-state index is -1.42. The number of hydrogen-bond acceptors (Lipinski definition) is 3. The van der Waals surface area contributed by atoms with Crippen molar-refractivity contribution in [1.82, 2.24) is 9.97 Å². The highest BCUT2D eigenvalue weighted by molar-refractivity contribution is 7.26. The molecule has 186 valence electrons. The van der Waals surface area contributed by atoms with Crippen LogP contribution in [0.1, 0.15) is 52.7 Å². The van der Waals surface area contributed by atoms with Crippen LogP contribution in [-0.2, 0) is 11.8 Å². The van der Waals surface area contributed by atoms with Gasteiger partial charge in [-0.25, -0.2) is 9.97 Å². The average molecular weight is 511 g/mol. The fourth-order valence-corrected chi connectivity index (χ4v) is 7.40. The third-order valence-electron chi connectivity index (χ3n) is 7.02. The zero-order valence-electron chi connectivity index (χ0n) is 23.2. The van der Waals surface area contributed by atoms with Gasteiger partial charge in [0.2, 0.25) is 0 Å². The molecule has 0 fully saturated rings. The van der Waals surface area contributed by atoms with Crippen molar-refractivity contribution in [3.63, 3.8) is 0 Å². The lowest BCUT2D eigenvalue weighted by atomic mass is 9.85. The summed E-state index contributed by atoms with van der Waals surface area (Å²) in [4.78, 5) is 9.61. The van der Waals surface area contributed by atoms with Gasteiger partial charge < -0.3 is 0 Å². The first-order chi connectivity index (χ1) is 16.7. The summed E-state index contributed by atoms with van der Waals surface area (Å²) in [7, 11) is -1.42. The molecule has 2 nitrogen and oxygen atoms in total. The molecule has 5 rings (SSSR count). The van der Waals surface area contributed by atoms with Gasteiger partial charge in [-0.15, -0.1) is 11.3 Å². The molecule has 0 aliphatic heterocycles. The molecule has 0 N–H and O–H groups in total. The SMILES string of the molecule is CC(C)(C)Cc1cc(-c2ncnc3c2sc2cc(C(C)(C)C)ccc23)cc2cc([Si](C)(C)C)ccc12. The molecule has 0 aliphatic rings. The Bertz CT molecular complexity index is 1610. The highest BCUT2D eigenvalue weighted by atomic mass is 32.1. The number of fused-ring (bicyclic) bond motifs is 4. The summed E-state index contributed by atoms with van der Waals surface area (Å²) in [5, 5.41) is 5.42. The Labute approximate surface area is 220 Å². The average Bonchev–Trinajstić information content (AvgIpc) is 3.14. The van der Waals surface area contributed by atoms with Crippen molar-refractivity contribution in [3.8, 4) is 11.3 Å². The van der Waals surface area contributed by atoms with Gasteiger partial charge in [0.15, 0.2) is 0 Å². The summed E-state index contributed by atoms with van der Waals surface area (Å²) in [5.41, 5.74) is 6.39. The van der Waals surface area contributed by atoms with Gasteiger partial charge >= 0.3 is 0 Å². The van der Waals surface area contributed by atoms with E-state index in [0.29, 0.717) is 0 Å². The third kappa shape index (κ3) is 4.73. The van der Waals surface area contributed by atoms with E-state index in [1.807, 2.05) is 11.3 Å². The molecule has 0 atom stereocenters. The highest BCUT2D eigenvalue weighted by Crippen LogP contribution is 2.40. The number of benzene rings is 3. The van der Waals surface area contributed by atoms with Crippen molar-refractivity contribution in [2.75, 3.05) is 0 Å². The molecule has 2 aromatic heterocycles. The molecular weight excluding hydrogens is 473 g/mol. The van der Waals surface area contributed by atoms with Gasteiger partial charge in [-0.2, -0.15) is 0 Å². The Hall–Kier alpha value is -2.56. The van der Waals surface area contributed by atoms with E-state index < -0.39 is 8.07 Å². The van der Waals surface area contributed by atoms with Crippen molar-refractivity contribution in [2.45, 2.75) is 73.0 Å². The second-order valence-corrected chi connectivity index (χ2v) is 19.7. The summed E-state index contributed by atoms with van der Waals surface area (Å²) >= 11 is 1.83. The summed E-state index contributed by atoms with van der Waals surface area (Å²) in [6.07, 6.45) is 2.77. The van der Waals surface area contributed by atoms with Crippen molar-refractivity contribution in [3.05, 3.63) is 66.0 Å². The molecule has 0 saturated heterocycles. The second kappa shape index (κ2) is 8.49.